The van der Waals surface area contributed by atoms with Crippen molar-refractivity contribution in [3.8, 4) is 0 Å². The second-order valence-corrected chi connectivity index (χ2v) is 10.8. The number of sulfone groups is 1. The zero-order chi connectivity index (χ0) is 22.7. The van der Waals surface area contributed by atoms with Crippen LogP contribution in [0.3, 0.4) is 0 Å². The Morgan fingerprint density at radius 2 is 1.69 bits per heavy atom. The number of benzene rings is 2. The zero-order valence-corrected chi connectivity index (χ0v) is 20.2. The highest BCUT2D eigenvalue weighted by atomic mass is 79.9. The molecule has 2 heterocycles. The molecular weight excluding hydrogens is 492 g/mol. The number of likely N-dealkylation sites (tertiary alicyclic amines) is 1. The fraction of sp³-hybridized carbons (Fsp3) is 0.292. The monoisotopic (exact) mass is 516 g/mol. The molecule has 1 atom stereocenters. The number of carbonyl (C=O) groups is 1. The van der Waals surface area contributed by atoms with Gasteiger partial charge in [0.25, 0.3) is 5.91 Å². The van der Waals surface area contributed by atoms with Crippen molar-refractivity contribution < 1.29 is 17.6 Å². The predicted molar refractivity (Wildman–Crippen MR) is 125 cm³/mol. The van der Waals surface area contributed by atoms with Crippen LogP contribution < -0.4 is 5.32 Å². The second kappa shape index (κ2) is 9.60. The van der Waals surface area contributed by atoms with Gasteiger partial charge in [-0.25, -0.2) is 8.42 Å². The van der Waals surface area contributed by atoms with Crippen molar-refractivity contribution >= 4 is 31.7 Å². The third-order valence-corrected chi connectivity index (χ3v) is 7.86. The highest BCUT2D eigenvalue weighted by molar-refractivity contribution is 9.10. The first-order valence-corrected chi connectivity index (χ1v) is 12.8. The van der Waals surface area contributed by atoms with Crippen LogP contribution in [0.2, 0.25) is 0 Å². The Kier molecular flexibility index (Phi) is 6.83. The molecule has 1 fully saturated rings. The molecule has 6 nitrogen and oxygen atoms in total. The van der Waals surface area contributed by atoms with Crippen molar-refractivity contribution in [3.05, 3.63) is 82.0 Å². The lowest BCUT2D eigenvalue weighted by molar-refractivity contribution is 0.0905. The summed E-state index contributed by atoms with van der Waals surface area (Å²) in [5.74, 6) is -0.455. The number of halogens is 1. The number of hydrogen-bond acceptors (Lipinski definition) is 5. The van der Waals surface area contributed by atoms with E-state index in [9.17, 15) is 13.2 Å². The van der Waals surface area contributed by atoms with Crippen molar-refractivity contribution in [1.82, 2.24) is 10.2 Å². The summed E-state index contributed by atoms with van der Waals surface area (Å²) >= 11 is 3.29. The van der Waals surface area contributed by atoms with E-state index in [4.69, 9.17) is 4.42 Å². The Hall–Kier alpha value is -2.42. The molecule has 168 valence electrons. The van der Waals surface area contributed by atoms with E-state index in [0.29, 0.717) is 6.54 Å². The SMILES string of the molecule is Cc1ccc(C(CNC(=O)c2ccc(S(=O)(=O)c3ccc(Br)cc3)o2)N2CCCC2)cc1. The molecule has 0 spiro atoms. The Morgan fingerprint density at radius 3 is 2.34 bits per heavy atom. The molecule has 1 aromatic heterocycles. The first-order valence-electron chi connectivity index (χ1n) is 10.5. The molecule has 1 N–H and O–H groups in total. The number of rotatable bonds is 7. The van der Waals surface area contributed by atoms with Crippen molar-refractivity contribution in [1.29, 1.82) is 0 Å². The van der Waals surface area contributed by atoms with Crippen LogP contribution in [0.15, 0.2) is 79.5 Å². The molecule has 1 saturated heterocycles. The topological polar surface area (TPSA) is 79.6 Å². The van der Waals surface area contributed by atoms with Gasteiger partial charge in [0.2, 0.25) is 14.9 Å². The summed E-state index contributed by atoms with van der Waals surface area (Å²) in [6.07, 6.45) is 2.29. The van der Waals surface area contributed by atoms with Crippen molar-refractivity contribution in [3.63, 3.8) is 0 Å². The van der Waals surface area contributed by atoms with Gasteiger partial charge >= 0.3 is 0 Å². The highest BCUT2D eigenvalue weighted by Gasteiger charge is 2.26. The lowest BCUT2D eigenvalue weighted by Gasteiger charge is -2.28. The molecule has 32 heavy (non-hydrogen) atoms. The normalized spacial score (nSPS) is 15.6. The van der Waals surface area contributed by atoms with Crippen LogP contribution in [0.1, 0.15) is 40.6 Å². The number of hydrogen-bond donors (Lipinski definition) is 1. The summed E-state index contributed by atoms with van der Waals surface area (Å²) in [7, 11) is -3.84. The van der Waals surface area contributed by atoms with Crippen LogP contribution in [-0.4, -0.2) is 38.9 Å². The molecule has 2 aromatic carbocycles. The summed E-state index contributed by atoms with van der Waals surface area (Å²) in [6.45, 7) is 4.44. The minimum Gasteiger partial charge on any atom is -0.439 e. The van der Waals surface area contributed by atoms with Gasteiger partial charge in [-0.2, -0.15) is 0 Å². The zero-order valence-electron chi connectivity index (χ0n) is 17.8. The van der Waals surface area contributed by atoms with E-state index in [0.717, 1.165) is 36.0 Å². The molecule has 3 aromatic rings. The van der Waals surface area contributed by atoms with Gasteiger partial charge in [-0.1, -0.05) is 45.8 Å². The number of nitrogens with one attached hydrogen (secondary N) is 1. The van der Waals surface area contributed by atoms with Crippen LogP contribution in [0, 0.1) is 6.92 Å². The molecule has 0 saturated carbocycles. The Morgan fingerprint density at radius 1 is 1.03 bits per heavy atom. The van der Waals surface area contributed by atoms with Crippen LogP contribution in [0.25, 0.3) is 0 Å². The number of aryl methyl sites for hydroxylation is 1. The number of carbonyl (C=O) groups excluding carboxylic acids is 1. The fourth-order valence-electron chi connectivity index (χ4n) is 3.89. The molecule has 1 unspecified atom stereocenters. The molecule has 1 aliphatic rings. The Labute approximate surface area is 196 Å². The van der Waals surface area contributed by atoms with E-state index in [2.05, 4.69) is 50.4 Å². The second-order valence-electron chi connectivity index (χ2n) is 7.96. The first-order chi connectivity index (χ1) is 15.3. The molecule has 0 bridgehead atoms. The van der Waals surface area contributed by atoms with Crippen molar-refractivity contribution in [2.24, 2.45) is 0 Å². The summed E-state index contributed by atoms with van der Waals surface area (Å²) in [5, 5.41) is 2.68. The van der Waals surface area contributed by atoms with Crippen molar-refractivity contribution in [2.45, 2.75) is 35.8 Å². The molecule has 4 rings (SSSR count). The van der Waals surface area contributed by atoms with Gasteiger partial charge in [-0.3, -0.25) is 9.69 Å². The number of amides is 1. The third kappa shape index (κ3) is 4.98. The third-order valence-electron chi connectivity index (χ3n) is 5.69. The summed E-state index contributed by atoms with van der Waals surface area (Å²) < 4.78 is 31.8. The van der Waals surface area contributed by atoms with Crippen LogP contribution in [0.4, 0.5) is 0 Å². The van der Waals surface area contributed by atoms with Gasteiger partial charge < -0.3 is 9.73 Å². The molecular formula is C24H25BrN2O4S. The lowest BCUT2D eigenvalue weighted by atomic mass is 10.0. The van der Waals surface area contributed by atoms with Crippen LogP contribution in [-0.2, 0) is 9.84 Å². The van der Waals surface area contributed by atoms with Gasteiger partial charge in [-0.05, 0) is 74.8 Å². The Bertz CT molecular complexity index is 1180. The van der Waals surface area contributed by atoms with Gasteiger partial charge in [0.15, 0.2) is 5.76 Å². The average Bonchev–Trinajstić information content (AvgIpc) is 3.48. The number of nitrogens with zero attached hydrogens (tertiary/aromatic N) is 1. The minimum absolute atomic E-state index is 0.0234. The van der Waals surface area contributed by atoms with Crippen molar-refractivity contribution in [2.75, 3.05) is 19.6 Å². The first kappa shape index (κ1) is 22.8. The Balaban J connectivity index is 1.48. The van der Waals surface area contributed by atoms with Gasteiger partial charge in [-0.15, -0.1) is 0 Å². The molecule has 0 radical (unpaired) electrons. The van der Waals surface area contributed by atoms with Gasteiger partial charge in [0.1, 0.15) is 0 Å². The largest absolute Gasteiger partial charge is 0.439 e. The highest BCUT2D eigenvalue weighted by Crippen LogP contribution is 2.26. The van der Waals surface area contributed by atoms with Crippen LogP contribution >= 0.6 is 15.9 Å². The molecule has 8 heteroatoms. The van der Waals surface area contributed by atoms with Gasteiger partial charge in [0.05, 0.1) is 10.9 Å². The minimum atomic E-state index is -3.84. The predicted octanol–water partition coefficient (Wildman–Crippen LogP) is 4.75. The van der Waals surface area contributed by atoms with E-state index in [-0.39, 0.29) is 21.8 Å². The summed E-state index contributed by atoms with van der Waals surface area (Å²) in [5.41, 5.74) is 2.34. The van der Waals surface area contributed by atoms with E-state index < -0.39 is 15.7 Å². The molecule has 1 aliphatic heterocycles. The number of furan rings is 1. The van der Waals surface area contributed by atoms with E-state index in [1.165, 1.54) is 29.8 Å². The molecule has 0 aliphatic carbocycles. The smallest absolute Gasteiger partial charge is 0.287 e. The maximum Gasteiger partial charge on any atom is 0.287 e. The molecule has 1 amide bonds. The quantitative estimate of drug-likeness (QED) is 0.490. The van der Waals surface area contributed by atoms with Gasteiger partial charge in [0, 0.05) is 11.0 Å². The lowest BCUT2D eigenvalue weighted by Crippen LogP contribution is -2.36. The van der Waals surface area contributed by atoms with E-state index in [1.807, 2.05) is 6.92 Å². The summed E-state index contributed by atoms with van der Waals surface area (Å²) in [6, 6.07) is 17.4. The average molecular weight is 517 g/mol. The maximum absolute atomic E-state index is 12.8. The standard InChI is InChI=1S/C24H25BrN2O4S/c1-17-4-6-18(7-5-17)21(27-14-2-3-15-27)16-26-24(28)22-12-13-23(31-22)32(29,30)20-10-8-19(25)9-11-20/h4-13,21H,2-3,14-16H2,1H3,(H,26,28). The summed E-state index contributed by atoms with van der Waals surface area (Å²) in [4.78, 5) is 15.2. The van der Waals surface area contributed by atoms with E-state index in [1.54, 1.807) is 12.1 Å². The van der Waals surface area contributed by atoms with Crippen LogP contribution in [0.5, 0.6) is 0 Å². The maximum atomic E-state index is 12.8. The van der Waals surface area contributed by atoms with E-state index >= 15 is 0 Å². The fourth-order valence-corrected chi connectivity index (χ4v) is 5.33.